The molecule has 3 aromatic rings. The van der Waals surface area contributed by atoms with Crippen molar-refractivity contribution >= 4 is 10.9 Å². The van der Waals surface area contributed by atoms with E-state index in [2.05, 4.69) is 16.3 Å². The first kappa shape index (κ1) is 11.8. The summed E-state index contributed by atoms with van der Waals surface area (Å²) in [6.45, 7) is 0. The molecule has 1 aromatic heterocycles. The molecule has 0 aliphatic carbocycles. The van der Waals surface area contributed by atoms with E-state index in [4.69, 9.17) is 0 Å². The first-order valence-electron chi connectivity index (χ1n) is 5.57. The molecule has 3 rings (SSSR count). The molecule has 5 heteroatoms. The number of benzene rings is 2. The molecule has 2 aromatic carbocycles. The van der Waals surface area contributed by atoms with Crippen molar-refractivity contribution in [2.45, 2.75) is 6.18 Å². The van der Waals surface area contributed by atoms with E-state index >= 15 is 0 Å². The van der Waals surface area contributed by atoms with Gasteiger partial charge in [-0.15, -0.1) is 0 Å². The third kappa shape index (κ3) is 2.07. The van der Waals surface area contributed by atoms with Crippen LogP contribution in [0.4, 0.5) is 13.2 Å². The Balaban J connectivity index is 2.17. The van der Waals surface area contributed by atoms with Gasteiger partial charge in [-0.1, -0.05) is 18.2 Å². The van der Waals surface area contributed by atoms with Crippen LogP contribution in [0.25, 0.3) is 22.2 Å². The number of aromatic nitrogens is 2. The van der Waals surface area contributed by atoms with Crippen LogP contribution >= 0.6 is 0 Å². The maximum atomic E-state index is 12.7. The number of H-pyrrole nitrogens is 1. The topological polar surface area (TPSA) is 28.7 Å². The summed E-state index contributed by atoms with van der Waals surface area (Å²) in [6, 6.07) is 13.2. The van der Waals surface area contributed by atoms with Gasteiger partial charge in [-0.25, -0.2) is 0 Å². The molecule has 1 heterocycles. The molecule has 2 nitrogen and oxygen atoms in total. The molecule has 1 radical (unpaired) electrons. The minimum absolute atomic E-state index is 0.431. The second-order valence-electron chi connectivity index (χ2n) is 4.12. The van der Waals surface area contributed by atoms with Crippen molar-refractivity contribution in [2.24, 2.45) is 0 Å². The van der Waals surface area contributed by atoms with Crippen LogP contribution in [0.1, 0.15) is 5.56 Å². The first-order chi connectivity index (χ1) is 9.05. The van der Waals surface area contributed by atoms with Crippen molar-refractivity contribution < 1.29 is 13.2 Å². The highest BCUT2D eigenvalue weighted by Gasteiger charge is 2.30. The number of hydrogen-bond donors (Lipinski definition) is 1. The second-order valence-corrected chi connectivity index (χ2v) is 4.12. The Hall–Kier alpha value is -2.30. The zero-order valence-corrected chi connectivity index (χ0v) is 9.62. The summed E-state index contributed by atoms with van der Waals surface area (Å²) < 4.78 is 38.1. The zero-order valence-electron chi connectivity index (χ0n) is 9.62. The maximum Gasteiger partial charge on any atom is 0.416 e. The molecule has 0 spiro atoms. The number of rotatable bonds is 1. The number of fused-ring (bicyclic) bond motifs is 1. The first-order valence-corrected chi connectivity index (χ1v) is 5.57. The molecule has 0 saturated carbocycles. The highest BCUT2D eigenvalue weighted by atomic mass is 19.4. The van der Waals surface area contributed by atoms with E-state index in [1.54, 1.807) is 24.3 Å². The van der Waals surface area contributed by atoms with E-state index in [0.717, 1.165) is 23.0 Å². The van der Waals surface area contributed by atoms with E-state index in [0.29, 0.717) is 11.3 Å². The fourth-order valence-electron chi connectivity index (χ4n) is 1.96. The summed E-state index contributed by atoms with van der Waals surface area (Å²) in [5.74, 6) is 0. The third-order valence-corrected chi connectivity index (χ3v) is 2.87. The summed E-state index contributed by atoms with van der Waals surface area (Å²) in [5, 5.41) is 7.62. The number of alkyl halides is 3. The molecule has 0 bridgehead atoms. The minimum Gasteiger partial charge on any atom is -0.277 e. The van der Waals surface area contributed by atoms with E-state index < -0.39 is 11.7 Å². The molecule has 0 fully saturated rings. The van der Waals surface area contributed by atoms with Gasteiger partial charge >= 0.3 is 6.18 Å². The standard InChI is InChI=1S/C14H8F3N2/c15-14(16,17)10-5-3-4-9(8-10)13-11-6-1-2-7-12(11)18-19-13/h2-8H,(H,18,19). The van der Waals surface area contributed by atoms with Crippen LogP contribution in [0, 0.1) is 6.07 Å². The van der Waals surface area contributed by atoms with Gasteiger partial charge in [-0.05, 0) is 30.3 Å². The van der Waals surface area contributed by atoms with Gasteiger partial charge in [0.05, 0.1) is 16.8 Å². The highest BCUT2D eigenvalue weighted by molar-refractivity contribution is 5.92. The van der Waals surface area contributed by atoms with Crippen LogP contribution in [0.2, 0.25) is 0 Å². The van der Waals surface area contributed by atoms with Gasteiger partial charge in [-0.3, -0.25) is 5.10 Å². The molecule has 0 aliphatic heterocycles. The lowest BCUT2D eigenvalue weighted by Gasteiger charge is -2.07. The number of hydrogen-bond acceptors (Lipinski definition) is 1. The van der Waals surface area contributed by atoms with Gasteiger partial charge in [0.1, 0.15) is 0 Å². The fourth-order valence-corrected chi connectivity index (χ4v) is 1.96. The normalized spacial score (nSPS) is 11.9. The van der Waals surface area contributed by atoms with Gasteiger partial charge < -0.3 is 0 Å². The lowest BCUT2D eigenvalue weighted by atomic mass is 10.0. The molecule has 0 atom stereocenters. The van der Waals surface area contributed by atoms with Crippen LogP contribution in [-0.2, 0) is 6.18 Å². The highest BCUT2D eigenvalue weighted by Crippen LogP contribution is 2.33. The lowest BCUT2D eigenvalue weighted by molar-refractivity contribution is -0.137. The largest absolute Gasteiger partial charge is 0.416 e. The van der Waals surface area contributed by atoms with E-state index in [9.17, 15) is 13.2 Å². The molecule has 0 unspecified atom stereocenters. The van der Waals surface area contributed by atoms with E-state index in [-0.39, 0.29) is 0 Å². The molecule has 19 heavy (non-hydrogen) atoms. The lowest BCUT2D eigenvalue weighted by Crippen LogP contribution is -2.04. The summed E-state index contributed by atoms with van der Waals surface area (Å²) in [7, 11) is 0. The van der Waals surface area contributed by atoms with Crippen molar-refractivity contribution in [3.8, 4) is 11.3 Å². The molecule has 0 saturated heterocycles. The van der Waals surface area contributed by atoms with Crippen molar-refractivity contribution in [1.82, 2.24) is 10.2 Å². The van der Waals surface area contributed by atoms with Gasteiger partial charge in [-0.2, -0.15) is 18.3 Å². The van der Waals surface area contributed by atoms with Gasteiger partial charge in [0.15, 0.2) is 0 Å². The van der Waals surface area contributed by atoms with Crippen LogP contribution in [0.15, 0.2) is 42.5 Å². The number of nitrogens with zero attached hydrogens (tertiary/aromatic N) is 1. The van der Waals surface area contributed by atoms with Crippen LogP contribution in [-0.4, -0.2) is 10.2 Å². The van der Waals surface area contributed by atoms with Gasteiger partial charge in [0.2, 0.25) is 0 Å². The maximum absolute atomic E-state index is 12.7. The van der Waals surface area contributed by atoms with Crippen LogP contribution in [0.5, 0.6) is 0 Å². The smallest absolute Gasteiger partial charge is 0.277 e. The SMILES string of the molecule is FC(F)(F)c1cccc(-c2n[nH]c3cc[c]cc23)c1. The quantitative estimate of drug-likeness (QED) is 0.703. The molecule has 0 amide bonds. The summed E-state index contributed by atoms with van der Waals surface area (Å²) in [5.41, 5.74) is 1.02. The Labute approximate surface area is 106 Å². The number of aromatic amines is 1. The van der Waals surface area contributed by atoms with Crippen molar-refractivity contribution in [2.75, 3.05) is 0 Å². The zero-order chi connectivity index (χ0) is 13.5. The summed E-state index contributed by atoms with van der Waals surface area (Å²) in [6.07, 6.45) is -4.35. The summed E-state index contributed by atoms with van der Waals surface area (Å²) in [4.78, 5) is 0. The van der Waals surface area contributed by atoms with Gasteiger partial charge in [0, 0.05) is 10.9 Å². The molecule has 0 aliphatic rings. The Morgan fingerprint density at radius 1 is 1.16 bits per heavy atom. The predicted molar refractivity (Wildman–Crippen MR) is 65.4 cm³/mol. The van der Waals surface area contributed by atoms with Crippen molar-refractivity contribution in [3.05, 3.63) is 54.1 Å². The van der Waals surface area contributed by atoms with Crippen LogP contribution < -0.4 is 0 Å². The molecule has 1 N–H and O–H groups in total. The Kier molecular flexibility index (Phi) is 2.55. The average molecular weight is 261 g/mol. The Morgan fingerprint density at radius 2 is 2.00 bits per heavy atom. The Bertz CT molecular complexity index is 729. The monoisotopic (exact) mass is 261 g/mol. The Morgan fingerprint density at radius 3 is 2.79 bits per heavy atom. The second kappa shape index (κ2) is 4.12. The predicted octanol–water partition coefficient (Wildman–Crippen LogP) is 4.05. The molecular formula is C14H8F3N2. The van der Waals surface area contributed by atoms with Crippen molar-refractivity contribution in [3.63, 3.8) is 0 Å². The van der Waals surface area contributed by atoms with E-state index in [1.807, 2.05) is 0 Å². The molecular weight excluding hydrogens is 253 g/mol. The fraction of sp³-hybridized carbons (Fsp3) is 0.0714. The number of nitrogens with one attached hydrogen (secondary N) is 1. The van der Waals surface area contributed by atoms with Crippen LogP contribution in [0.3, 0.4) is 0 Å². The molecule has 95 valence electrons. The van der Waals surface area contributed by atoms with E-state index in [1.165, 1.54) is 6.07 Å². The number of halogens is 3. The third-order valence-electron chi connectivity index (χ3n) is 2.87. The van der Waals surface area contributed by atoms with Gasteiger partial charge in [0.25, 0.3) is 0 Å². The van der Waals surface area contributed by atoms with Crippen molar-refractivity contribution in [1.29, 1.82) is 0 Å². The summed E-state index contributed by atoms with van der Waals surface area (Å²) >= 11 is 0. The average Bonchev–Trinajstić information content (AvgIpc) is 2.82. The minimum atomic E-state index is -4.35.